The minimum Gasteiger partial charge on any atom is -0.512 e. The predicted molar refractivity (Wildman–Crippen MR) is 70.8 cm³/mol. The van der Waals surface area contributed by atoms with Gasteiger partial charge in [-0.15, -0.1) is 0 Å². The molecule has 91 valence electrons. The first-order valence-corrected chi connectivity index (χ1v) is 6.85. The minimum absolute atomic E-state index is 0.170. The number of rotatable bonds is 7. The number of ether oxygens (including phenoxy) is 2. The summed E-state index contributed by atoms with van der Waals surface area (Å²) in [4.78, 5) is 0. The third kappa shape index (κ3) is 6.48. The molecular weight excluding hydrogens is 239 g/mol. The van der Waals surface area contributed by atoms with Gasteiger partial charge in [0.2, 0.25) is 0 Å². The van der Waals surface area contributed by atoms with E-state index < -0.39 is 0 Å². The van der Waals surface area contributed by atoms with Gasteiger partial charge in [-0.1, -0.05) is 25.4 Å². The molecule has 4 heteroatoms. The van der Waals surface area contributed by atoms with E-state index in [0.717, 1.165) is 23.2 Å². The second-order valence-corrected chi connectivity index (χ2v) is 4.65. The number of hydrogen-bond acceptors (Lipinski definition) is 2. The van der Waals surface area contributed by atoms with Crippen LogP contribution in [0.3, 0.4) is 0 Å². The molecule has 0 spiro atoms. The van der Waals surface area contributed by atoms with E-state index in [1.54, 1.807) is 22.4 Å². The monoisotopic (exact) mass is 259 g/mol. The first-order valence-electron chi connectivity index (χ1n) is 5.71. The Morgan fingerprint density at radius 3 is 2.12 bits per heavy atom. The van der Waals surface area contributed by atoms with E-state index in [-0.39, 0.29) is 12.2 Å². The minimum atomic E-state index is 0.170. The first kappa shape index (κ1) is 15.9. The summed E-state index contributed by atoms with van der Waals surface area (Å²) in [7, 11) is 0. The predicted octanol–water partition coefficient (Wildman–Crippen LogP) is 3.44. The lowest BCUT2D eigenvalue weighted by Crippen LogP contribution is -2.12. The zero-order valence-corrected chi connectivity index (χ0v) is 12.8. The Bertz CT molecular complexity index is 251. The zero-order valence-electron chi connectivity index (χ0n) is 10.6. The maximum absolute atomic E-state index is 5.74. The second-order valence-electron chi connectivity index (χ2n) is 3.75. The fourth-order valence-corrected chi connectivity index (χ4v) is 1.54. The normalized spacial score (nSPS) is 16.8. The van der Waals surface area contributed by atoms with Crippen molar-refractivity contribution in [3.63, 3.8) is 0 Å². The van der Waals surface area contributed by atoms with E-state index in [1.165, 1.54) is 5.54 Å². The molecule has 0 aromatic rings. The van der Waals surface area contributed by atoms with E-state index >= 15 is 0 Å². The number of allylic oxidation sites excluding steroid dienone is 1. The number of hydrogen-bond donors (Lipinski definition) is 0. The molecule has 0 saturated heterocycles. The molecule has 1 radical (unpaired) electrons. The zero-order chi connectivity index (χ0) is 12.6. The Balaban J connectivity index is 4.64. The second kappa shape index (κ2) is 8.99. The number of halogens is 1. The fourth-order valence-electron chi connectivity index (χ4n) is 0.940. The first-order chi connectivity index (χ1) is 7.54. The molecule has 0 aliphatic heterocycles. The molecule has 0 aromatic carbocycles. The van der Waals surface area contributed by atoms with Crippen molar-refractivity contribution in [3.05, 3.63) is 22.0 Å². The van der Waals surface area contributed by atoms with Crippen LogP contribution in [0, 0.1) is 0 Å². The van der Waals surface area contributed by atoms with Gasteiger partial charge >= 0.3 is 0 Å². The van der Waals surface area contributed by atoms with Crippen molar-refractivity contribution in [2.24, 2.45) is 0 Å². The standard InChI is InChI=1S/C12H20ClO2.Al.H/c1-5-10(3)14-9-12(7-8-13)15-11(4)6-2;;/h7-8,10-11H,5-6H2,1-4H3;;. The Morgan fingerprint density at radius 2 is 1.69 bits per heavy atom. The van der Waals surface area contributed by atoms with E-state index in [1.807, 2.05) is 13.8 Å². The van der Waals surface area contributed by atoms with Crippen LogP contribution < -0.4 is 0 Å². The highest BCUT2D eigenvalue weighted by Gasteiger charge is 2.08. The highest BCUT2D eigenvalue weighted by Crippen LogP contribution is 2.14. The van der Waals surface area contributed by atoms with Gasteiger partial charge in [0.05, 0.1) is 12.2 Å². The van der Waals surface area contributed by atoms with Gasteiger partial charge in [0, 0.05) is 10.2 Å². The van der Waals surface area contributed by atoms with Crippen molar-refractivity contribution in [1.82, 2.24) is 0 Å². The van der Waals surface area contributed by atoms with Crippen LogP contribution in [0.25, 0.3) is 0 Å². The van der Waals surface area contributed by atoms with E-state index in [4.69, 9.17) is 21.1 Å². The van der Waals surface area contributed by atoms with Crippen LogP contribution in [0.1, 0.15) is 40.5 Å². The van der Waals surface area contributed by atoms with Crippen LogP contribution in [0.2, 0.25) is 0 Å². The smallest absolute Gasteiger partial charge is 0.291 e. The molecule has 16 heavy (non-hydrogen) atoms. The van der Waals surface area contributed by atoms with E-state index in [2.05, 4.69) is 13.8 Å². The van der Waals surface area contributed by atoms with Crippen molar-refractivity contribution in [3.8, 4) is 0 Å². The summed E-state index contributed by atoms with van der Waals surface area (Å²) in [5, 5.41) is 0. The summed E-state index contributed by atoms with van der Waals surface area (Å²) >= 11 is 7.28. The quantitative estimate of drug-likeness (QED) is 0.396. The van der Waals surface area contributed by atoms with Gasteiger partial charge < -0.3 is 9.47 Å². The lowest BCUT2D eigenvalue weighted by molar-refractivity contribution is 0.0974. The van der Waals surface area contributed by atoms with E-state index in [9.17, 15) is 0 Å². The van der Waals surface area contributed by atoms with Crippen LogP contribution in [0.4, 0.5) is 0 Å². The molecule has 0 N–H and O–H groups in total. The maximum atomic E-state index is 5.74. The lowest BCUT2D eigenvalue weighted by atomic mass is 10.3. The lowest BCUT2D eigenvalue weighted by Gasteiger charge is -2.20. The highest BCUT2D eigenvalue weighted by atomic mass is 35.5. The summed E-state index contributed by atoms with van der Waals surface area (Å²) in [5.74, 6) is 0.725. The van der Waals surface area contributed by atoms with Crippen molar-refractivity contribution in [2.45, 2.75) is 52.7 Å². The van der Waals surface area contributed by atoms with Crippen molar-refractivity contribution < 1.29 is 9.47 Å². The Kier molecular flexibility index (Phi) is 8.93. The molecular formula is C12H21AlClO2. The average Bonchev–Trinajstić information content (AvgIpc) is 2.27. The van der Waals surface area contributed by atoms with Gasteiger partial charge in [-0.05, 0) is 32.8 Å². The van der Waals surface area contributed by atoms with Crippen LogP contribution in [0.5, 0.6) is 0 Å². The Hall–Kier alpha value is -0.0975. The topological polar surface area (TPSA) is 18.5 Å². The highest BCUT2D eigenvalue weighted by molar-refractivity contribution is 6.25. The molecule has 0 amide bonds. The molecule has 2 unspecified atom stereocenters. The summed E-state index contributed by atoms with van der Waals surface area (Å²) in [6.07, 6.45) is 4.04. The molecule has 2 nitrogen and oxygen atoms in total. The molecule has 0 aromatic heterocycles. The third-order valence-corrected chi connectivity index (χ3v) is 2.95. The van der Waals surface area contributed by atoms with Gasteiger partial charge in [0.25, 0.3) is 16.3 Å². The van der Waals surface area contributed by atoms with Gasteiger partial charge in [-0.2, -0.15) is 0 Å². The molecule has 0 fully saturated rings. The van der Waals surface area contributed by atoms with Gasteiger partial charge in [-0.3, -0.25) is 0 Å². The van der Waals surface area contributed by atoms with Crippen molar-refractivity contribution >= 4 is 27.9 Å². The molecule has 2 atom stereocenters. The third-order valence-electron chi connectivity index (χ3n) is 2.31. The summed E-state index contributed by atoms with van der Waals surface area (Å²) in [5.41, 5.74) is 1.45. The van der Waals surface area contributed by atoms with Crippen LogP contribution in [0.15, 0.2) is 22.0 Å². The molecule has 0 heterocycles. The largest absolute Gasteiger partial charge is 0.512 e. The fraction of sp³-hybridized carbons (Fsp3) is 0.667. The summed E-state index contributed by atoms with van der Waals surface area (Å²) in [6, 6.07) is 0. The van der Waals surface area contributed by atoms with Crippen LogP contribution in [-0.2, 0) is 9.47 Å². The van der Waals surface area contributed by atoms with Gasteiger partial charge in [0.15, 0.2) is 0 Å². The van der Waals surface area contributed by atoms with Gasteiger partial charge in [-0.25, -0.2) is 0 Å². The molecule has 0 aliphatic rings. The average molecular weight is 260 g/mol. The molecule has 0 aliphatic carbocycles. The van der Waals surface area contributed by atoms with Crippen molar-refractivity contribution in [2.75, 3.05) is 0 Å². The van der Waals surface area contributed by atoms with Gasteiger partial charge in [0.1, 0.15) is 5.76 Å². The van der Waals surface area contributed by atoms with E-state index in [0.29, 0.717) is 0 Å². The Morgan fingerprint density at radius 1 is 1.19 bits per heavy atom. The summed E-state index contributed by atoms with van der Waals surface area (Å²) in [6.45, 7) is 8.24. The van der Waals surface area contributed by atoms with Crippen molar-refractivity contribution in [1.29, 1.82) is 0 Å². The molecule has 0 bridgehead atoms. The maximum Gasteiger partial charge on any atom is 0.291 e. The molecule has 0 rings (SSSR count). The van der Waals surface area contributed by atoms with Crippen LogP contribution in [-0.4, -0.2) is 28.5 Å². The Labute approximate surface area is 112 Å². The molecule has 0 saturated carbocycles. The SMILES string of the molecule is CCC(C)O[C]([AlH])=C(C=CCl)OC(C)CC. The van der Waals surface area contributed by atoms with Crippen LogP contribution >= 0.6 is 11.6 Å². The summed E-state index contributed by atoms with van der Waals surface area (Å²) < 4.78 is 12.3.